The van der Waals surface area contributed by atoms with Crippen LogP contribution in [-0.2, 0) is 14.3 Å². The Balaban J connectivity index is 2.29. The average molecular weight is 295 g/mol. The lowest BCUT2D eigenvalue weighted by atomic mass is 10.3. The summed E-state index contributed by atoms with van der Waals surface area (Å²) in [6.07, 6.45) is 0.875. The van der Waals surface area contributed by atoms with Crippen LogP contribution in [0.15, 0.2) is 24.3 Å². The standard InChI is InChI=1S/C15H21NO5/c1-2-20-11-9-14(17)16-12-5-7-13(8-6-12)21-10-3-4-15(18)19/h5-8H,2-4,9-11H2,1H3,(H,16,17)(H,18,19). The number of nitrogens with one attached hydrogen (secondary N) is 1. The third-order valence-corrected chi connectivity index (χ3v) is 2.62. The molecule has 21 heavy (non-hydrogen) atoms. The summed E-state index contributed by atoms with van der Waals surface area (Å²) in [6, 6.07) is 6.95. The summed E-state index contributed by atoms with van der Waals surface area (Å²) in [5.41, 5.74) is 0.689. The first kappa shape index (κ1) is 17.0. The first-order valence-electron chi connectivity index (χ1n) is 6.94. The van der Waals surface area contributed by atoms with Gasteiger partial charge in [-0.3, -0.25) is 9.59 Å². The van der Waals surface area contributed by atoms with Gasteiger partial charge in [-0.25, -0.2) is 0 Å². The van der Waals surface area contributed by atoms with E-state index in [-0.39, 0.29) is 12.3 Å². The molecule has 0 bridgehead atoms. The molecule has 116 valence electrons. The summed E-state index contributed by atoms with van der Waals surface area (Å²) in [5, 5.41) is 11.3. The van der Waals surface area contributed by atoms with E-state index in [0.29, 0.717) is 44.1 Å². The van der Waals surface area contributed by atoms with Crippen molar-refractivity contribution in [1.29, 1.82) is 0 Å². The zero-order valence-electron chi connectivity index (χ0n) is 12.1. The number of carboxylic acids is 1. The molecule has 0 saturated carbocycles. The Morgan fingerprint density at radius 1 is 1.14 bits per heavy atom. The maximum absolute atomic E-state index is 11.6. The van der Waals surface area contributed by atoms with Crippen molar-refractivity contribution in [2.75, 3.05) is 25.1 Å². The van der Waals surface area contributed by atoms with E-state index in [4.69, 9.17) is 14.6 Å². The van der Waals surface area contributed by atoms with Gasteiger partial charge in [0.15, 0.2) is 0 Å². The largest absolute Gasteiger partial charge is 0.494 e. The fourth-order valence-corrected chi connectivity index (χ4v) is 1.58. The lowest BCUT2D eigenvalue weighted by Gasteiger charge is -2.08. The summed E-state index contributed by atoms with van der Waals surface area (Å²) >= 11 is 0. The number of amides is 1. The lowest BCUT2D eigenvalue weighted by molar-refractivity contribution is -0.137. The summed E-state index contributed by atoms with van der Waals surface area (Å²) in [6.45, 7) is 3.24. The zero-order valence-corrected chi connectivity index (χ0v) is 12.1. The molecule has 0 heterocycles. The number of hydrogen-bond donors (Lipinski definition) is 2. The van der Waals surface area contributed by atoms with Crippen LogP contribution < -0.4 is 10.1 Å². The van der Waals surface area contributed by atoms with Crippen LogP contribution in [0.2, 0.25) is 0 Å². The summed E-state index contributed by atoms with van der Waals surface area (Å²) in [5.74, 6) is -0.282. The Labute approximate surface area is 124 Å². The molecule has 0 atom stereocenters. The van der Waals surface area contributed by atoms with Crippen LogP contribution >= 0.6 is 0 Å². The van der Waals surface area contributed by atoms with Crippen LogP contribution in [0, 0.1) is 0 Å². The molecular weight excluding hydrogens is 274 g/mol. The fraction of sp³-hybridized carbons (Fsp3) is 0.467. The van der Waals surface area contributed by atoms with E-state index in [1.165, 1.54) is 0 Å². The van der Waals surface area contributed by atoms with Crippen molar-refractivity contribution < 1.29 is 24.2 Å². The highest BCUT2D eigenvalue weighted by Gasteiger charge is 2.03. The van der Waals surface area contributed by atoms with Gasteiger partial charge in [-0.1, -0.05) is 0 Å². The van der Waals surface area contributed by atoms with Gasteiger partial charge in [0.2, 0.25) is 5.91 Å². The molecule has 0 aliphatic heterocycles. The van der Waals surface area contributed by atoms with Crippen LogP contribution in [-0.4, -0.2) is 36.8 Å². The van der Waals surface area contributed by atoms with Crippen molar-refractivity contribution in [3.05, 3.63) is 24.3 Å². The maximum Gasteiger partial charge on any atom is 0.303 e. The summed E-state index contributed by atoms with van der Waals surface area (Å²) in [7, 11) is 0. The minimum absolute atomic E-state index is 0.0912. The number of rotatable bonds is 10. The molecular formula is C15H21NO5. The molecule has 1 rings (SSSR count). The molecule has 0 aliphatic rings. The highest BCUT2D eigenvalue weighted by molar-refractivity contribution is 5.90. The van der Waals surface area contributed by atoms with Gasteiger partial charge in [0, 0.05) is 18.7 Å². The fourth-order valence-electron chi connectivity index (χ4n) is 1.58. The summed E-state index contributed by atoms with van der Waals surface area (Å²) < 4.78 is 10.5. The molecule has 0 aliphatic carbocycles. The number of aliphatic carboxylic acids is 1. The normalized spacial score (nSPS) is 10.1. The van der Waals surface area contributed by atoms with Crippen LogP contribution in [0.25, 0.3) is 0 Å². The third kappa shape index (κ3) is 7.94. The molecule has 1 aromatic carbocycles. The molecule has 0 saturated heterocycles. The SMILES string of the molecule is CCOCCC(=O)Nc1ccc(OCCCC(=O)O)cc1. The minimum Gasteiger partial charge on any atom is -0.494 e. The molecule has 0 fully saturated rings. The van der Waals surface area contributed by atoms with E-state index in [1.807, 2.05) is 6.92 Å². The van der Waals surface area contributed by atoms with Gasteiger partial charge in [-0.2, -0.15) is 0 Å². The number of benzene rings is 1. The van der Waals surface area contributed by atoms with Gasteiger partial charge >= 0.3 is 5.97 Å². The molecule has 1 aromatic rings. The molecule has 1 amide bonds. The van der Waals surface area contributed by atoms with Crippen molar-refractivity contribution in [3.63, 3.8) is 0 Å². The highest BCUT2D eigenvalue weighted by Crippen LogP contribution is 2.16. The van der Waals surface area contributed by atoms with E-state index < -0.39 is 5.97 Å². The van der Waals surface area contributed by atoms with Gasteiger partial charge in [0.1, 0.15) is 5.75 Å². The number of carboxylic acid groups (broad SMARTS) is 1. The molecule has 2 N–H and O–H groups in total. The third-order valence-electron chi connectivity index (χ3n) is 2.62. The Morgan fingerprint density at radius 2 is 1.86 bits per heavy atom. The van der Waals surface area contributed by atoms with Gasteiger partial charge < -0.3 is 19.9 Å². The number of ether oxygens (including phenoxy) is 2. The predicted molar refractivity (Wildman–Crippen MR) is 78.5 cm³/mol. The van der Waals surface area contributed by atoms with E-state index in [0.717, 1.165) is 0 Å². The van der Waals surface area contributed by atoms with E-state index in [2.05, 4.69) is 5.32 Å². The molecule has 6 heteroatoms. The topological polar surface area (TPSA) is 84.9 Å². The second kappa shape index (κ2) is 9.77. The van der Waals surface area contributed by atoms with Crippen molar-refractivity contribution in [2.24, 2.45) is 0 Å². The van der Waals surface area contributed by atoms with Crippen LogP contribution in [0.1, 0.15) is 26.2 Å². The Hall–Kier alpha value is -2.08. The van der Waals surface area contributed by atoms with Gasteiger partial charge in [0.05, 0.1) is 19.6 Å². The molecule has 0 unspecified atom stereocenters. The van der Waals surface area contributed by atoms with Crippen molar-refractivity contribution in [1.82, 2.24) is 0 Å². The van der Waals surface area contributed by atoms with Crippen molar-refractivity contribution in [2.45, 2.75) is 26.2 Å². The van der Waals surface area contributed by atoms with E-state index >= 15 is 0 Å². The highest BCUT2D eigenvalue weighted by atomic mass is 16.5. The van der Waals surface area contributed by atoms with E-state index in [1.54, 1.807) is 24.3 Å². The minimum atomic E-state index is -0.830. The smallest absolute Gasteiger partial charge is 0.303 e. The first-order chi connectivity index (χ1) is 10.1. The molecule has 0 spiro atoms. The van der Waals surface area contributed by atoms with Crippen LogP contribution in [0.4, 0.5) is 5.69 Å². The van der Waals surface area contributed by atoms with Crippen LogP contribution in [0.3, 0.4) is 0 Å². The van der Waals surface area contributed by atoms with Gasteiger partial charge in [-0.05, 0) is 37.6 Å². The second-order valence-electron chi connectivity index (χ2n) is 4.37. The Bertz CT molecular complexity index is 444. The molecule has 0 radical (unpaired) electrons. The number of anilines is 1. The molecule has 6 nitrogen and oxygen atoms in total. The Kier molecular flexibility index (Phi) is 7.89. The number of hydrogen-bond acceptors (Lipinski definition) is 4. The monoisotopic (exact) mass is 295 g/mol. The quantitative estimate of drug-likeness (QED) is 0.647. The average Bonchev–Trinajstić information content (AvgIpc) is 2.45. The van der Waals surface area contributed by atoms with Crippen molar-refractivity contribution in [3.8, 4) is 5.75 Å². The summed E-state index contributed by atoms with van der Waals surface area (Å²) in [4.78, 5) is 21.9. The second-order valence-corrected chi connectivity index (χ2v) is 4.37. The Morgan fingerprint density at radius 3 is 2.48 bits per heavy atom. The zero-order chi connectivity index (χ0) is 15.5. The predicted octanol–water partition coefficient (Wildman–Crippen LogP) is 2.30. The van der Waals surface area contributed by atoms with Crippen LogP contribution in [0.5, 0.6) is 5.75 Å². The van der Waals surface area contributed by atoms with E-state index in [9.17, 15) is 9.59 Å². The maximum atomic E-state index is 11.6. The molecule has 0 aromatic heterocycles. The van der Waals surface area contributed by atoms with Gasteiger partial charge in [-0.15, -0.1) is 0 Å². The lowest BCUT2D eigenvalue weighted by Crippen LogP contribution is -2.14. The van der Waals surface area contributed by atoms with Crippen molar-refractivity contribution >= 4 is 17.6 Å². The van der Waals surface area contributed by atoms with Gasteiger partial charge in [0.25, 0.3) is 0 Å². The number of carbonyl (C=O) groups is 2. The first-order valence-corrected chi connectivity index (χ1v) is 6.94. The number of carbonyl (C=O) groups excluding carboxylic acids is 1.